The molecule has 76 valence electrons. The Morgan fingerprint density at radius 1 is 1.36 bits per heavy atom. The standard InChI is InChI=1S/C12H17NS/c13-7-5-10-3-1-2-4-12(10)11-6-8-14-9-11/h1-4,11H,5-9,13H2. The van der Waals surface area contributed by atoms with E-state index in [9.17, 15) is 0 Å². The van der Waals surface area contributed by atoms with Gasteiger partial charge in [0.2, 0.25) is 0 Å². The van der Waals surface area contributed by atoms with Crippen LogP contribution in [-0.4, -0.2) is 18.1 Å². The summed E-state index contributed by atoms with van der Waals surface area (Å²) in [6.45, 7) is 0.761. The van der Waals surface area contributed by atoms with Gasteiger partial charge in [0.15, 0.2) is 0 Å². The van der Waals surface area contributed by atoms with Crippen molar-refractivity contribution in [3.63, 3.8) is 0 Å². The normalized spacial score (nSPS) is 21.4. The van der Waals surface area contributed by atoms with Crippen molar-refractivity contribution >= 4 is 11.8 Å². The molecule has 1 saturated heterocycles. The third-order valence-electron chi connectivity index (χ3n) is 2.84. The molecule has 1 aromatic carbocycles. The van der Waals surface area contributed by atoms with Crippen molar-refractivity contribution < 1.29 is 0 Å². The summed E-state index contributed by atoms with van der Waals surface area (Å²) >= 11 is 2.07. The predicted octanol–water partition coefficient (Wildman–Crippen LogP) is 2.41. The molecule has 1 nitrogen and oxygen atoms in total. The van der Waals surface area contributed by atoms with Gasteiger partial charge in [0.05, 0.1) is 0 Å². The Balaban J connectivity index is 2.21. The second kappa shape index (κ2) is 4.85. The molecule has 2 N–H and O–H groups in total. The van der Waals surface area contributed by atoms with E-state index >= 15 is 0 Å². The predicted molar refractivity (Wildman–Crippen MR) is 63.9 cm³/mol. The minimum absolute atomic E-state index is 0.761. The van der Waals surface area contributed by atoms with Gasteiger partial charge in [-0.2, -0.15) is 11.8 Å². The minimum Gasteiger partial charge on any atom is -0.330 e. The quantitative estimate of drug-likeness (QED) is 0.823. The van der Waals surface area contributed by atoms with Crippen LogP contribution in [0.25, 0.3) is 0 Å². The minimum atomic E-state index is 0.761. The second-order valence-electron chi connectivity index (χ2n) is 3.80. The van der Waals surface area contributed by atoms with Crippen LogP contribution in [0.15, 0.2) is 24.3 Å². The summed E-state index contributed by atoms with van der Waals surface area (Å²) in [5.74, 6) is 3.39. The molecule has 0 saturated carbocycles. The van der Waals surface area contributed by atoms with E-state index < -0.39 is 0 Å². The highest BCUT2D eigenvalue weighted by molar-refractivity contribution is 7.99. The highest BCUT2D eigenvalue weighted by atomic mass is 32.2. The lowest BCUT2D eigenvalue weighted by atomic mass is 9.92. The molecule has 1 atom stereocenters. The first-order valence-corrected chi connectivity index (χ1v) is 6.43. The maximum absolute atomic E-state index is 5.62. The molecule has 0 aliphatic carbocycles. The number of nitrogens with two attached hydrogens (primary N) is 1. The van der Waals surface area contributed by atoms with Crippen LogP contribution in [0.5, 0.6) is 0 Å². The molecule has 0 aromatic heterocycles. The molecule has 1 aliphatic heterocycles. The molecule has 1 aromatic rings. The lowest BCUT2D eigenvalue weighted by Crippen LogP contribution is -2.07. The Labute approximate surface area is 90.1 Å². The molecule has 0 amide bonds. The Hall–Kier alpha value is -0.470. The van der Waals surface area contributed by atoms with Crippen LogP contribution in [0, 0.1) is 0 Å². The maximum atomic E-state index is 5.62. The Bertz CT molecular complexity index is 292. The summed E-state index contributed by atoms with van der Waals surface area (Å²) in [4.78, 5) is 0. The molecule has 0 bridgehead atoms. The first kappa shape index (κ1) is 10.1. The third-order valence-corrected chi connectivity index (χ3v) is 4.00. The largest absolute Gasteiger partial charge is 0.330 e. The summed E-state index contributed by atoms with van der Waals surface area (Å²) in [6.07, 6.45) is 2.36. The van der Waals surface area contributed by atoms with Gasteiger partial charge >= 0.3 is 0 Å². The van der Waals surface area contributed by atoms with Crippen molar-refractivity contribution in [1.29, 1.82) is 0 Å². The lowest BCUT2D eigenvalue weighted by Gasteiger charge is -2.13. The summed E-state index contributed by atoms with van der Waals surface area (Å²) in [7, 11) is 0. The molecule has 1 aliphatic rings. The summed E-state index contributed by atoms with van der Waals surface area (Å²) < 4.78 is 0. The van der Waals surface area contributed by atoms with Gasteiger partial charge in [-0.25, -0.2) is 0 Å². The number of thioether (sulfide) groups is 1. The molecular formula is C12H17NS. The zero-order valence-corrected chi connectivity index (χ0v) is 9.22. The van der Waals surface area contributed by atoms with Gasteiger partial charge in [-0.05, 0) is 42.2 Å². The van der Waals surface area contributed by atoms with E-state index in [1.54, 1.807) is 5.56 Å². The van der Waals surface area contributed by atoms with Crippen molar-refractivity contribution in [1.82, 2.24) is 0 Å². The smallest absolute Gasteiger partial charge is 0.000187 e. The van der Waals surface area contributed by atoms with Crippen LogP contribution < -0.4 is 5.73 Å². The average molecular weight is 207 g/mol. The van der Waals surface area contributed by atoms with E-state index in [0.29, 0.717) is 0 Å². The molecule has 2 heteroatoms. The first-order chi connectivity index (χ1) is 6.92. The van der Waals surface area contributed by atoms with E-state index in [4.69, 9.17) is 5.73 Å². The molecular weight excluding hydrogens is 190 g/mol. The molecule has 1 fully saturated rings. The van der Waals surface area contributed by atoms with Crippen LogP contribution in [0.3, 0.4) is 0 Å². The summed E-state index contributed by atoms with van der Waals surface area (Å²) in [6, 6.07) is 8.78. The second-order valence-corrected chi connectivity index (χ2v) is 4.95. The Kier molecular flexibility index (Phi) is 3.49. The highest BCUT2D eigenvalue weighted by Crippen LogP contribution is 2.34. The topological polar surface area (TPSA) is 26.0 Å². The third kappa shape index (κ3) is 2.12. The fourth-order valence-corrected chi connectivity index (χ4v) is 3.34. The fourth-order valence-electron chi connectivity index (χ4n) is 2.10. The van der Waals surface area contributed by atoms with Gasteiger partial charge < -0.3 is 5.73 Å². The van der Waals surface area contributed by atoms with Crippen molar-refractivity contribution in [2.45, 2.75) is 18.8 Å². The Morgan fingerprint density at radius 3 is 2.93 bits per heavy atom. The maximum Gasteiger partial charge on any atom is 0.000187 e. The van der Waals surface area contributed by atoms with Gasteiger partial charge in [0.25, 0.3) is 0 Å². The summed E-state index contributed by atoms with van der Waals surface area (Å²) in [5, 5.41) is 0. The number of hydrogen-bond donors (Lipinski definition) is 1. The van der Waals surface area contributed by atoms with Crippen LogP contribution in [0.2, 0.25) is 0 Å². The molecule has 14 heavy (non-hydrogen) atoms. The van der Waals surface area contributed by atoms with Crippen molar-refractivity contribution in [2.24, 2.45) is 5.73 Å². The van der Waals surface area contributed by atoms with Gasteiger partial charge in [0, 0.05) is 5.75 Å². The first-order valence-electron chi connectivity index (χ1n) is 5.27. The van der Waals surface area contributed by atoms with Crippen LogP contribution in [0.1, 0.15) is 23.5 Å². The SMILES string of the molecule is NCCc1ccccc1C1CCSC1. The van der Waals surface area contributed by atoms with Gasteiger partial charge in [-0.1, -0.05) is 24.3 Å². The van der Waals surface area contributed by atoms with E-state index in [-0.39, 0.29) is 0 Å². The molecule has 0 radical (unpaired) electrons. The van der Waals surface area contributed by atoms with Gasteiger partial charge in [0.1, 0.15) is 0 Å². The molecule has 2 rings (SSSR count). The van der Waals surface area contributed by atoms with Crippen molar-refractivity contribution in [3.05, 3.63) is 35.4 Å². The monoisotopic (exact) mass is 207 g/mol. The van der Waals surface area contributed by atoms with Crippen LogP contribution in [-0.2, 0) is 6.42 Å². The van der Waals surface area contributed by atoms with Crippen LogP contribution >= 0.6 is 11.8 Å². The Morgan fingerprint density at radius 2 is 2.21 bits per heavy atom. The number of hydrogen-bond acceptors (Lipinski definition) is 2. The fraction of sp³-hybridized carbons (Fsp3) is 0.500. The molecule has 1 heterocycles. The lowest BCUT2D eigenvalue weighted by molar-refractivity contribution is 0.764. The van der Waals surface area contributed by atoms with E-state index in [2.05, 4.69) is 36.0 Å². The van der Waals surface area contributed by atoms with Gasteiger partial charge in [-0.3, -0.25) is 0 Å². The summed E-state index contributed by atoms with van der Waals surface area (Å²) in [5.41, 5.74) is 8.63. The van der Waals surface area contributed by atoms with Crippen molar-refractivity contribution in [2.75, 3.05) is 18.1 Å². The highest BCUT2D eigenvalue weighted by Gasteiger charge is 2.19. The van der Waals surface area contributed by atoms with Crippen LogP contribution in [0.4, 0.5) is 0 Å². The zero-order valence-electron chi connectivity index (χ0n) is 8.41. The van der Waals surface area contributed by atoms with E-state index in [0.717, 1.165) is 18.9 Å². The van der Waals surface area contributed by atoms with E-state index in [1.165, 1.54) is 23.5 Å². The number of rotatable bonds is 3. The number of benzene rings is 1. The molecule has 1 unspecified atom stereocenters. The molecule has 0 spiro atoms. The van der Waals surface area contributed by atoms with Crippen molar-refractivity contribution in [3.8, 4) is 0 Å². The van der Waals surface area contributed by atoms with Gasteiger partial charge in [-0.15, -0.1) is 0 Å². The zero-order chi connectivity index (χ0) is 9.80. The average Bonchev–Trinajstić information content (AvgIpc) is 2.72. The van der Waals surface area contributed by atoms with E-state index in [1.807, 2.05) is 0 Å².